The van der Waals surface area contributed by atoms with Gasteiger partial charge < -0.3 is 40.3 Å². The Hall–Kier alpha value is -5.15. The Kier molecular flexibility index (Phi) is 9.49. The number of para-hydroxylation sites is 1. The van der Waals surface area contributed by atoms with Crippen molar-refractivity contribution in [3.05, 3.63) is 42.1 Å². The SMILES string of the molecule is O=C(O)C[C@H](NC(=O)c1cc(OCC(=O)N2CCC[C@H]2C(=O)NC2CC2)n(-c2ccccc2)n1)C(=O)N1CCN(C(=O)O)CC1. The molecule has 2 atom stereocenters. The number of piperazine rings is 1. The Labute approximate surface area is 257 Å². The second kappa shape index (κ2) is 13.7. The number of likely N-dealkylation sites (tertiary alicyclic amines) is 1. The van der Waals surface area contributed by atoms with Crippen molar-refractivity contribution in [2.24, 2.45) is 0 Å². The van der Waals surface area contributed by atoms with Crippen LogP contribution in [0.4, 0.5) is 4.79 Å². The minimum atomic E-state index is -1.44. The average molecular weight is 626 g/mol. The standard InChI is InChI=1S/C29H35N7O9/c37-23(35-10-4-7-22(35)27(41)30-18-8-9-18)17-45-24-15-20(32-36(24)19-5-2-1-3-6-19)26(40)31-21(16-25(38)39)28(42)33-11-13-34(14-12-33)29(43)44/h1-3,5-6,15,18,21-22H,4,7-14,16-17H2,(H,30,41)(H,31,40)(H,38,39)(H,43,44)/t21-,22-/m0/s1. The van der Waals surface area contributed by atoms with Gasteiger partial charge in [-0.2, -0.15) is 5.10 Å². The van der Waals surface area contributed by atoms with Crippen molar-refractivity contribution >= 4 is 35.7 Å². The van der Waals surface area contributed by atoms with E-state index in [0.717, 1.165) is 17.7 Å². The second-order valence-electron chi connectivity index (χ2n) is 11.2. The molecule has 5 rings (SSSR count). The quantitative estimate of drug-likeness (QED) is 0.261. The topological polar surface area (TPSA) is 204 Å². The van der Waals surface area contributed by atoms with Crippen molar-refractivity contribution in [3.8, 4) is 11.6 Å². The molecule has 3 heterocycles. The van der Waals surface area contributed by atoms with E-state index in [4.69, 9.17) is 9.84 Å². The summed E-state index contributed by atoms with van der Waals surface area (Å²) < 4.78 is 7.14. The maximum Gasteiger partial charge on any atom is 0.407 e. The Morgan fingerprint density at radius 2 is 1.62 bits per heavy atom. The highest BCUT2D eigenvalue weighted by Crippen LogP contribution is 2.24. The normalized spacial score (nSPS) is 18.7. The first-order valence-electron chi connectivity index (χ1n) is 14.8. The number of carbonyl (C=O) groups excluding carboxylic acids is 4. The summed E-state index contributed by atoms with van der Waals surface area (Å²) >= 11 is 0. The number of hydrogen-bond donors (Lipinski definition) is 4. The Bertz CT molecular complexity index is 1450. The lowest BCUT2D eigenvalue weighted by molar-refractivity contribution is -0.143. The maximum atomic E-state index is 13.3. The van der Waals surface area contributed by atoms with Crippen molar-refractivity contribution in [2.75, 3.05) is 39.3 Å². The van der Waals surface area contributed by atoms with Crippen LogP contribution in [0.3, 0.4) is 0 Å². The highest BCUT2D eigenvalue weighted by molar-refractivity contribution is 5.97. The van der Waals surface area contributed by atoms with E-state index in [1.165, 1.54) is 20.5 Å². The molecule has 2 aliphatic heterocycles. The van der Waals surface area contributed by atoms with Crippen LogP contribution in [0.15, 0.2) is 36.4 Å². The number of nitrogens with one attached hydrogen (secondary N) is 2. The number of hydrogen-bond acceptors (Lipinski definition) is 8. The zero-order valence-corrected chi connectivity index (χ0v) is 24.5. The summed E-state index contributed by atoms with van der Waals surface area (Å²) in [7, 11) is 0. The third-order valence-corrected chi connectivity index (χ3v) is 7.90. The van der Waals surface area contributed by atoms with Crippen LogP contribution in [0.5, 0.6) is 5.88 Å². The molecule has 2 aromatic rings. The number of amides is 5. The van der Waals surface area contributed by atoms with E-state index < -0.39 is 54.9 Å². The molecule has 3 aliphatic rings. The molecule has 16 heteroatoms. The number of ether oxygens (including phenoxy) is 1. The van der Waals surface area contributed by atoms with Gasteiger partial charge in [-0.05, 0) is 37.8 Å². The molecular formula is C29H35N7O9. The van der Waals surface area contributed by atoms with Gasteiger partial charge in [0.2, 0.25) is 17.7 Å². The molecule has 2 saturated heterocycles. The number of carboxylic acid groups (broad SMARTS) is 2. The molecule has 0 radical (unpaired) electrons. The van der Waals surface area contributed by atoms with Gasteiger partial charge in [-0.1, -0.05) is 18.2 Å². The van der Waals surface area contributed by atoms with Gasteiger partial charge in [-0.25, -0.2) is 9.48 Å². The van der Waals surface area contributed by atoms with Gasteiger partial charge in [0, 0.05) is 44.8 Å². The Balaban J connectivity index is 1.29. The summed E-state index contributed by atoms with van der Waals surface area (Å²) in [5, 5.41) is 28.3. The first kappa shape index (κ1) is 31.3. The number of carbonyl (C=O) groups is 6. The second-order valence-corrected chi connectivity index (χ2v) is 11.2. The van der Waals surface area contributed by atoms with Gasteiger partial charge in [0.15, 0.2) is 12.3 Å². The molecule has 3 fully saturated rings. The fraction of sp³-hybridized carbons (Fsp3) is 0.483. The van der Waals surface area contributed by atoms with Crippen LogP contribution in [-0.2, 0) is 19.2 Å². The van der Waals surface area contributed by atoms with Crippen molar-refractivity contribution in [1.82, 2.24) is 35.1 Å². The third kappa shape index (κ3) is 7.69. The molecule has 1 aliphatic carbocycles. The monoisotopic (exact) mass is 625 g/mol. The molecular weight excluding hydrogens is 590 g/mol. The number of rotatable bonds is 11. The van der Waals surface area contributed by atoms with Crippen molar-refractivity contribution in [3.63, 3.8) is 0 Å². The number of aliphatic carboxylic acids is 1. The molecule has 0 spiro atoms. The lowest BCUT2D eigenvalue weighted by Gasteiger charge is -2.35. The molecule has 1 aromatic heterocycles. The summed E-state index contributed by atoms with van der Waals surface area (Å²) in [4.78, 5) is 79.0. The lowest BCUT2D eigenvalue weighted by atomic mass is 10.1. The van der Waals surface area contributed by atoms with Crippen molar-refractivity contribution in [2.45, 2.75) is 50.2 Å². The van der Waals surface area contributed by atoms with E-state index in [9.17, 15) is 33.9 Å². The van der Waals surface area contributed by atoms with Gasteiger partial charge in [-0.3, -0.25) is 24.0 Å². The van der Waals surface area contributed by atoms with Gasteiger partial charge in [0.05, 0.1) is 12.1 Å². The third-order valence-electron chi connectivity index (χ3n) is 7.90. The molecule has 0 bridgehead atoms. The van der Waals surface area contributed by atoms with Crippen LogP contribution in [0.1, 0.15) is 42.6 Å². The van der Waals surface area contributed by atoms with Crippen LogP contribution < -0.4 is 15.4 Å². The molecule has 4 N–H and O–H groups in total. The molecule has 5 amide bonds. The first-order chi connectivity index (χ1) is 21.6. The fourth-order valence-corrected chi connectivity index (χ4v) is 5.36. The van der Waals surface area contributed by atoms with Crippen LogP contribution in [0.2, 0.25) is 0 Å². The van der Waals surface area contributed by atoms with Gasteiger partial charge in [-0.15, -0.1) is 0 Å². The number of nitrogens with zero attached hydrogens (tertiary/aromatic N) is 5. The van der Waals surface area contributed by atoms with Crippen LogP contribution in [0, 0.1) is 0 Å². The van der Waals surface area contributed by atoms with Gasteiger partial charge >= 0.3 is 12.1 Å². The van der Waals surface area contributed by atoms with E-state index in [0.29, 0.717) is 25.1 Å². The maximum absolute atomic E-state index is 13.3. The molecule has 1 aromatic carbocycles. The van der Waals surface area contributed by atoms with Crippen LogP contribution >= 0.6 is 0 Å². The molecule has 1 saturated carbocycles. The van der Waals surface area contributed by atoms with Gasteiger partial charge in [0.1, 0.15) is 12.1 Å². The van der Waals surface area contributed by atoms with E-state index in [1.807, 2.05) is 0 Å². The van der Waals surface area contributed by atoms with Crippen LogP contribution in [0.25, 0.3) is 5.69 Å². The highest BCUT2D eigenvalue weighted by Gasteiger charge is 2.37. The predicted octanol–water partition coefficient (Wildman–Crippen LogP) is -0.0840. The van der Waals surface area contributed by atoms with Crippen molar-refractivity contribution in [1.29, 1.82) is 0 Å². The van der Waals surface area contributed by atoms with E-state index in [-0.39, 0.29) is 49.7 Å². The smallest absolute Gasteiger partial charge is 0.407 e. The number of carboxylic acids is 1. The predicted molar refractivity (Wildman–Crippen MR) is 155 cm³/mol. The summed E-state index contributed by atoms with van der Waals surface area (Å²) in [5.74, 6) is -3.35. The van der Waals surface area contributed by atoms with E-state index >= 15 is 0 Å². The first-order valence-corrected chi connectivity index (χ1v) is 14.8. The average Bonchev–Trinajstić information content (AvgIpc) is 3.52. The molecule has 0 unspecified atom stereocenters. The minimum absolute atomic E-state index is 0.0452. The summed E-state index contributed by atoms with van der Waals surface area (Å²) in [6.07, 6.45) is 1.29. The molecule has 240 valence electrons. The largest absolute Gasteiger partial charge is 0.481 e. The summed E-state index contributed by atoms with van der Waals surface area (Å²) in [6, 6.07) is 8.11. The minimum Gasteiger partial charge on any atom is -0.481 e. The fourth-order valence-electron chi connectivity index (χ4n) is 5.36. The summed E-state index contributed by atoms with van der Waals surface area (Å²) in [5.41, 5.74) is 0.319. The van der Waals surface area contributed by atoms with E-state index in [1.54, 1.807) is 30.3 Å². The van der Waals surface area contributed by atoms with Gasteiger partial charge in [0.25, 0.3) is 11.8 Å². The van der Waals surface area contributed by atoms with E-state index in [2.05, 4.69) is 15.7 Å². The Morgan fingerprint density at radius 1 is 0.933 bits per heavy atom. The lowest BCUT2D eigenvalue weighted by Crippen LogP contribution is -2.56. The summed E-state index contributed by atoms with van der Waals surface area (Å²) in [6.45, 7) is 0.200. The zero-order valence-electron chi connectivity index (χ0n) is 24.5. The molecule has 16 nitrogen and oxygen atoms in total. The van der Waals surface area contributed by atoms with Crippen LogP contribution in [-0.4, -0.2) is 128 Å². The molecule has 45 heavy (non-hydrogen) atoms. The number of aromatic nitrogens is 2. The Morgan fingerprint density at radius 3 is 2.27 bits per heavy atom. The van der Waals surface area contributed by atoms with Crippen molar-refractivity contribution < 1.29 is 43.7 Å². The highest BCUT2D eigenvalue weighted by atomic mass is 16.5. The number of benzene rings is 1. The zero-order chi connectivity index (χ0) is 32.1.